The Morgan fingerprint density at radius 1 is 1.26 bits per heavy atom. The van der Waals surface area contributed by atoms with Gasteiger partial charge >= 0.3 is 5.97 Å². The van der Waals surface area contributed by atoms with Gasteiger partial charge in [-0.15, -0.1) is 0 Å². The van der Waals surface area contributed by atoms with Gasteiger partial charge in [0.2, 0.25) is 0 Å². The van der Waals surface area contributed by atoms with Crippen molar-refractivity contribution in [1.82, 2.24) is 5.16 Å². The highest BCUT2D eigenvalue weighted by molar-refractivity contribution is 5.90. The van der Waals surface area contributed by atoms with Crippen molar-refractivity contribution in [1.29, 1.82) is 0 Å². The Bertz CT molecular complexity index is 517. The summed E-state index contributed by atoms with van der Waals surface area (Å²) in [6, 6.07) is 9.54. The molecule has 1 heterocycles. The minimum Gasteiger partial charge on any atom is -0.461 e. The van der Waals surface area contributed by atoms with Gasteiger partial charge in [0.15, 0.2) is 11.5 Å². The lowest BCUT2D eigenvalue weighted by Crippen LogP contribution is -2.06. The summed E-state index contributed by atoms with van der Waals surface area (Å²) < 4.78 is 10.1. The number of benzene rings is 1. The molecule has 0 fully saturated rings. The Balaban J connectivity index is 0.000000861. The van der Waals surface area contributed by atoms with Crippen molar-refractivity contribution < 1.29 is 14.1 Å². The summed E-state index contributed by atoms with van der Waals surface area (Å²) in [6.07, 6.45) is 0. The van der Waals surface area contributed by atoms with Gasteiger partial charge in [0, 0.05) is 11.1 Å². The molecule has 0 amide bonds. The number of hydrogen-bond acceptors (Lipinski definition) is 4. The fourth-order valence-corrected chi connectivity index (χ4v) is 1.58. The van der Waals surface area contributed by atoms with Gasteiger partial charge in [-0.3, -0.25) is 0 Å². The smallest absolute Gasteiger partial charge is 0.360 e. The van der Waals surface area contributed by atoms with Crippen LogP contribution in [0.15, 0.2) is 34.9 Å². The molecule has 0 aliphatic heterocycles. The minimum absolute atomic E-state index is 0.241. The molecule has 0 saturated heterocycles. The molecule has 4 heteroatoms. The lowest BCUT2D eigenvalue weighted by Gasteiger charge is -1.98. The monoisotopic (exact) mass is 261 g/mol. The summed E-state index contributed by atoms with van der Waals surface area (Å²) in [5, 5.41) is 3.76. The van der Waals surface area contributed by atoms with Gasteiger partial charge in [-0.1, -0.05) is 49.3 Å². The largest absolute Gasteiger partial charge is 0.461 e. The first-order valence-corrected chi connectivity index (χ1v) is 6.43. The molecule has 0 spiro atoms. The highest BCUT2D eigenvalue weighted by Gasteiger charge is 2.20. The SMILES string of the molecule is CC.CCOC(=O)c1noc(-c2ccccc2)c1C. The summed E-state index contributed by atoms with van der Waals surface area (Å²) in [6.45, 7) is 7.88. The number of carbonyl (C=O) groups excluding carboxylic acids is 1. The molecule has 102 valence electrons. The van der Waals surface area contributed by atoms with E-state index in [0.29, 0.717) is 17.9 Å². The van der Waals surface area contributed by atoms with E-state index in [4.69, 9.17) is 9.26 Å². The number of nitrogens with zero attached hydrogens (tertiary/aromatic N) is 1. The van der Waals surface area contributed by atoms with Crippen LogP contribution >= 0.6 is 0 Å². The summed E-state index contributed by atoms with van der Waals surface area (Å²) >= 11 is 0. The normalized spacial score (nSPS) is 9.47. The lowest BCUT2D eigenvalue weighted by atomic mass is 10.1. The number of hydrogen-bond donors (Lipinski definition) is 0. The fourth-order valence-electron chi connectivity index (χ4n) is 1.58. The molecule has 0 aliphatic carbocycles. The van der Waals surface area contributed by atoms with E-state index in [2.05, 4.69) is 5.16 Å². The molecule has 4 nitrogen and oxygen atoms in total. The van der Waals surface area contributed by atoms with Crippen LogP contribution in [-0.4, -0.2) is 17.7 Å². The van der Waals surface area contributed by atoms with Gasteiger partial charge in [-0.05, 0) is 13.8 Å². The second-order valence-electron chi connectivity index (χ2n) is 3.57. The van der Waals surface area contributed by atoms with Crippen molar-refractivity contribution in [2.75, 3.05) is 6.61 Å². The topological polar surface area (TPSA) is 52.3 Å². The Kier molecular flexibility index (Phi) is 5.79. The number of rotatable bonds is 3. The van der Waals surface area contributed by atoms with Crippen LogP contribution in [0.5, 0.6) is 0 Å². The Morgan fingerprint density at radius 2 is 1.89 bits per heavy atom. The van der Waals surface area contributed by atoms with Gasteiger partial charge in [0.25, 0.3) is 0 Å². The first-order valence-electron chi connectivity index (χ1n) is 6.43. The van der Waals surface area contributed by atoms with Gasteiger partial charge in [-0.2, -0.15) is 0 Å². The Morgan fingerprint density at radius 3 is 2.47 bits per heavy atom. The standard InChI is InChI=1S/C13H13NO3.C2H6/c1-3-16-13(15)11-9(2)12(17-14-11)10-7-5-4-6-8-10;1-2/h4-8H,3H2,1-2H3;1-2H3. The molecule has 19 heavy (non-hydrogen) atoms. The van der Waals surface area contributed by atoms with Crippen LogP contribution in [0.25, 0.3) is 11.3 Å². The highest BCUT2D eigenvalue weighted by atomic mass is 16.5. The van der Waals surface area contributed by atoms with E-state index in [0.717, 1.165) is 5.56 Å². The molecule has 1 aromatic carbocycles. The van der Waals surface area contributed by atoms with E-state index in [-0.39, 0.29) is 5.69 Å². The Hall–Kier alpha value is -2.10. The number of ether oxygens (including phenoxy) is 1. The quantitative estimate of drug-likeness (QED) is 0.787. The van der Waals surface area contributed by atoms with E-state index in [1.165, 1.54) is 0 Å². The first kappa shape index (κ1) is 15.0. The summed E-state index contributed by atoms with van der Waals surface area (Å²) in [4.78, 5) is 11.6. The van der Waals surface area contributed by atoms with Gasteiger partial charge in [0.1, 0.15) is 0 Å². The first-order chi connectivity index (χ1) is 9.24. The number of aromatic nitrogens is 1. The molecule has 0 aliphatic rings. The molecular formula is C15H19NO3. The lowest BCUT2D eigenvalue weighted by molar-refractivity contribution is 0.0514. The molecule has 1 aromatic heterocycles. The molecule has 0 saturated carbocycles. The third-order valence-electron chi connectivity index (χ3n) is 2.43. The second kappa shape index (κ2) is 7.36. The van der Waals surface area contributed by atoms with Crippen molar-refractivity contribution in [2.24, 2.45) is 0 Å². The van der Waals surface area contributed by atoms with E-state index in [9.17, 15) is 4.79 Å². The average Bonchev–Trinajstić information content (AvgIpc) is 2.84. The van der Waals surface area contributed by atoms with Crippen molar-refractivity contribution in [3.05, 3.63) is 41.6 Å². The van der Waals surface area contributed by atoms with E-state index in [1.807, 2.05) is 44.2 Å². The zero-order chi connectivity index (χ0) is 14.3. The Labute approximate surface area is 113 Å². The van der Waals surface area contributed by atoms with Crippen LogP contribution in [0.1, 0.15) is 36.8 Å². The predicted octanol–water partition coefficient (Wildman–Crippen LogP) is 3.85. The van der Waals surface area contributed by atoms with E-state index in [1.54, 1.807) is 13.8 Å². The van der Waals surface area contributed by atoms with E-state index < -0.39 is 5.97 Å². The third kappa shape index (κ3) is 3.44. The molecule has 0 unspecified atom stereocenters. The van der Waals surface area contributed by atoms with Crippen LogP contribution in [0.4, 0.5) is 0 Å². The molecular weight excluding hydrogens is 242 g/mol. The summed E-state index contributed by atoms with van der Waals surface area (Å²) in [5.41, 5.74) is 1.84. The predicted molar refractivity (Wildman–Crippen MR) is 74.0 cm³/mol. The maximum absolute atomic E-state index is 11.6. The summed E-state index contributed by atoms with van der Waals surface area (Å²) in [7, 11) is 0. The average molecular weight is 261 g/mol. The van der Waals surface area contributed by atoms with Crippen LogP contribution in [0.2, 0.25) is 0 Å². The van der Waals surface area contributed by atoms with Crippen molar-refractivity contribution in [2.45, 2.75) is 27.7 Å². The minimum atomic E-state index is -0.448. The van der Waals surface area contributed by atoms with Gasteiger partial charge in [0.05, 0.1) is 6.61 Å². The zero-order valence-electron chi connectivity index (χ0n) is 11.8. The summed E-state index contributed by atoms with van der Waals surface area (Å²) in [5.74, 6) is 0.157. The molecule has 0 atom stereocenters. The van der Waals surface area contributed by atoms with Crippen molar-refractivity contribution in [3.8, 4) is 11.3 Å². The molecule has 0 bridgehead atoms. The molecule has 2 aromatic rings. The number of carbonyl (C=O) groups is 1. The van der Waals surface area contributed by atoms with Gasteiger partial charge < -0.3 is 9.26 Å². The van der Waals surface area contributed by atoms with Gasteiger partial charge in [-0.25, -0.2) is 4.79 Å². The third-order valence-corrected chi connectivity index (χ3v) is 2.43. The van der Waals surface area contributed by atoms with Crippen LogP contribution < -0.4 is 0 Å². The van der Waals surface area contributed by atoms with E-state index >= 15 is 0 Å². The highest BCUT2D eigenvalue weighted by Crippen LogP contribution is 2.25. The van der Waals surface area contributed by atoms with Crippen LogP contribution in [0.3, 0.4) is 0 Å². The molecule has 0 N–H and O–H groups in total. The maximum atomic E-state index is 11.6. The van der Waals surface area contributed by atoms with Crippen molar-refractivity contribution in [3.63, 3.8) is 0 Å². The zero-order valence-corrected chi connectivity index (χ0v) is 11.8. The second-order valence-corrected chi connectivity index (χ2v) is 3.57. The fraction of sp³-hybridized carbons (Fsp3) is 0.333. The number of esters is 1. The van der Waals surface area contributed by atoms with Crippen LogP contribution in [-0.2, 0) is 4.74 Å². The molecule has 2 rings (SSSR count). The maximum Gasteiger partial charge on any atom is 0.360 e. The van der Waals surface area contributed by atoms with Crippen molar-refractivity contribution >= 4 is 5.97 Å². The van der Waals surface area contributed by atoms with Crippen LogP contribution in [0, 0.1) is 6.92 Å². The molecule has 0 radical (unpaired) electrons.